The topological polar surface area (TPSA) is 63.2 Å². The lowest BCUT2D eigenvalue weighted by atomic mass is 10.1. The Morgan fingerprint density at radius 3 is 3.05 bits per heavy atom. The summed E-state index contributed by atoms with van der Waals surface area (Å²) in [5.41, 5.74) is 0. The average Bonchev–Trinajstić information content (AvgIpc) is 2.82. The van der Waals surface area contributed by atoms with Gasteiger partial charge < -0.3 is 15.4 Å². The van der Waals surface area contributed by atoms with Crippen molar-refractivity contribution in [2.75, 3.05) is 19.7 Å². The Hall–Kier alpha value is -0.400. The van der Waals surface area contributed by atoms with E-state index in [-0.39, 0.29) is 42.9 Å². The summed E-state index contributed by atoms with van der Waals surface area (Å²) in [6.45, 7) is 3.94. The van der Waals surface area contributed by atoms with Crippen LogP contribution < -0.4 is 10.6 Å². The second-order valence-electron chi connectivity index (χ2n) is 3.97. The van der Waals surface area contributed by atoms with Gasteiger partial charge >= 0.3 is 0 Å². The van der Waals surface area contributed by atoms with Gasteiger partial charge in [0.15, 0.2) is 0 Å². The minimum absolute atomic E-state index is 0. The number of hydrogen-bond donors (Lipinski definition) is 2. The molecule has 1 aromatic rings. The van der Waals surface area contributed by atoms with E-state index in [9.17, 15) is 4.79 Å². The SMILES string of the molecule is C[C@H]1OCCN[C@@H]1C(=O)NCCc1nccs1.Cl.Cl. The van der Waals surface area contributed by atoms with E-state index in [2.05, 4.69) is 15.6 Å². The molecule has 110 valence electrons. The highest BCUT2D eigenvalue weighted by atomic mass is 35.5. The maximum absolute atomic E-state index is 11.9. The predicted octanol–water partition coefficient (Wildman–Crippen LogP) is 1.02. The summed E-state index contributed by atoms with van der Waals surface area (Å²) in [5.74, 6) is 0.00811. The summed E-state index contributed by atoms with van der Waals surface area (Å²) in [6, 6.07) is -0.236. The van der Waals surface area contributed by atoms with Crippen LogP contribution in [0.2, 0.25) is 0 Å². The number of amides is 1. The number of ether oxygens (including phenoxy) is 1. The molecule has 0 aromatic carbocycles. The Balaban J connectivity index is 0.00000162. The number of thiazole rings is 1. The predicted molar refractivity (Wildman–Crippen MR) is 80.5 cm³/mol. The molecule has 2 N–H and O–H groups in total. The number of halogens is 2. The highest BCUT2D eigenvalue weighted by molar-refractivity contribution is 7.09. The number of rotatable bonds is 4. The molecule has 1 amide bonds. The van der Waals surface area contributed by atoms with Crippen LogP contribution in [0.25, 0.3) is 0 Å². The van der Waals surface area contributed by atoms with Crippen LogP contribution in [0.15, 0.2) is 11.6 Å². The van der Waals surface area contributed by atoms with Crippen LogP contribution in [0.1, 0.15) is 11.9 Å². The second-order valence-corrected chi connectivity index (χ2v) is 4.95. The molecule has 1 aliphatic heterocycles. The summed E-state index contributed by atoms with van der Waals surface area (Å²) in [6.07, 6.45) is 2.50. The molecule has 0 aliphatic carbocycles. The molecule has 8 heteroatoms. The van der Waals surface area contributed by atoms with E-state index in [1.807, 2.05) is 12.3 Å². The molecule has 1 fully saturated rings. The summed E-state index contributed by atoms with van der Waals surface area (Å²) in [4.78, 5) is 16.0. The van der Waals surface area contributed by atoms with Crippen LogP contribution in [0.4, 0.5) is 0 Å². The minimum Gasteiger partial charge on any atom is -0.375 e. The molecule has 5 nitrogen and oxygen atoms in total. The minimum atomic E-state index is -0.236. The third kappa shape index (κ3) is 5.62. The standard InChI is InChI=1S/C11H17N3O2S.2ClH/c1-8-10(13-4-6-16-8)11(15)14-3-2-9-12-5-7-17-9;;/h5,7-8,10,13H,2-4,6H2,1H3,(H,14,15);2*1H/t8-,10+;;/m1../s1. The molecule has 19 heavy (non-hydrogen) atoms. The van der Waals surface area contributed by atoms with Crippen molar-refractivity contribution in [2.24, 2.45) is 0 Å². The highest BCUT2D eigenvalue weighted by Crippen LogP contribution is 2.05. The zero-order chi connectivity index (χ0) is 12.1. The van der Waals surface area contributed by atoms with Crippen molar-refractivity contribution < 1.29 is 9.53 Å². The van der Waals surface area contributed by atoms with Crippen LogP contribution >= 0.6 is 36.2 Å². The number of nitrogens with zero attached hydrogens (tertiary/aromatic N) is 1. The Kier molecular flexibility index (Phi) is 9.30. The quantitative estimate of drug-likeness (QED) is 0.866. The normalized spacial score (nSPS) is 21.9. The zero-order valence-corrected chi connectivity index (χ0v) is 13.1. The molecule has 1 aromatic heterocycles. The Bertz CT molecular complexity index is 365. The maximum atomic E-state index is 11.9. The molecule has 1 saturated heterocycles. The summed E-state index contributed by atoms with van der Waals surface area (Å²) in [5, 5.41) is 9.06. The lowest BCUT2D eigenvalue weighted by Gasteiger charge is -2.29. The van der Waals surface area contributed by atoms with Crippen LogP contribution in [0.3, 0.4) is 0 Å². The van der Waals surface area contributed by atoms with Gasteiger partial charge in [0.25, 0.3) is 0 Å². The lowest BCUT2D eigenvalue weighted by Crippen LogP contribution is -2.55. The van der Waals surface area contributed by atoms with Gasteiger partial charge in [-0.15, -0.1) is 36.2 Å². The molecular formula is C11H19Cl2N3O2S. The first kappa shape index (κ1) is 18.6. The van der Waals surface area contributed by atoms with E-state index in [0.29, 0.717) is 13.2 Å². The number of aromatic nitrogens is 1. The Morgan fingerprint density at radius 1 is 1.63 bits per heavy atom. The molecular weight excluding hydrogens is 309 g/mol. The molecule has 0 spiro atoms. The molecule has 0 unspecified atom stereocenters. The van der Waals surface area contributed by atoms with E-state index in [4.69, 9.17) is 4.74 Å². The maximum Gasteiger partial charge on any atom is 0.239 e. The fourth-order valence-corrected chi connectivity index (χ4v) is 2.43. The van der Waals surface area contributed by atoms with Crippen LogP contribution in [0.5, 0.6) is 0 Å². The van der Waals surface area contributed by atoms with Crippen molar-refractivity contribution in [3.8, 4) is 0 Å². The second kappa shape index (κ2) is 9.50. The third-order valence-corrected chi connectivity index (χ3v) is 3.56. The highest BCUT2D eigenvalue weighted by Gasteiger charge is 2.27. The molecule has 0 radical (unpaired) electrons. The van der Waals surface area contributed by atoms with Crippen molar-refractivity contribution in [1.29, 1.82) is 0 Å². The first-order valence-corrected chi connectivity index (χ1v) is 6.66. The van der Waals surface area contributed by atoms with Gasteiger partial charge in [0.05, 0.1) is 17.7 Å². The first-order valence-electron chi connectivity index (χ1n) is 5.78. The van der Waals surface area contributed by atoms with E-state index in [1.165, 1.54) is 0 Å². The fraction of sp³-hybridized carbons (Fsp3) is 0.636. The summed E-state index contributed by atoms with van der Waals surface area (Å²) >= 11 is 1.61. The van der Waals surface area contributed by atoms with Crippen molar-refractivity contribution in [1.82, 2.24) is 15.6 Å². The Morgan fingerprint density at radius 2 is 2.42 bits per heavy atom. The number of hydrogen-bond acceptors (Lipinski definition) is 5. The van der Waals surface area contributed by atoms with Crippen molar-refractivity contribution in [3.63, 3.8) is 0 Å². The number of nitrogens with one attached hydrogen (secondary N) is 2. The summed E-state index contributed by atoms with van der Waals surface area (Å²) in [7, 11) is 0. The van der Waals surface area contributed by atoms with Crippen LogP contribution in [-0.4, -0.2) is 42.7 Å². The van der Waals surface area contributed by atoms with Crippen molar-refractivity contribution in [2.45, 2.75) is 25.5 Å². The van der Waals surface area contributed by atoms with Crippen LogP contribution in [-0.2, 0) is 16.0 Å². The van der Waals surface area contributed by atoms with E-state index in [1.54, 1.807) is 17.5 Å². The lowest BCUT2D eigenvalue weighted by molar-refractivity contribution is -0.128. The number of carbonyl (C=O) groups excluding carboxylic acids is 1. The molecule has 1 aliphatic rings. The van der Waals surface area contributed by atoms with Gasteiger partial charge in [0.2, 0.25) is 5.91 Å². The van der Waals surface area contributed by atoms with Gasteiger partial charge in [-0.1, -0.05) is 0 Å². The fourth-order valence-electron chi connectivity index (χ4n) is 1.81. The zero-order valence-electron chi connectivity index (χ0n) is 10.6. The van der Waals surface area contributed by atoms with Gasteiger partial charge in [0.1, 0.15) is 6.04 Å². The van der Waals surface area contributed by atoms with E-state index < -0.39 is 0 Å². The Labute approximate surface area is 129 Å². The van der Waals surface area contributed by atoms with Gasteiger partial charge in [-0.05, 0) is 6.92 Å². The number of carbonyl (C=O) groups is 1. The van der Waals surface area contributed by atoms with Crippen molar-refractivity contribution >= 4 is 42.1 Å². The largest absolute Gasteiger partial charge is 0.375 e. The summed E-state index contributed by atoms with van der Waals surface area (Å²) < 4.78 is 5.43. The van der Waals surface area contributed by atoms with Gasteiger partial charge in [-0.3, -0.25) is 4.79 Å². The molecule has 2 heterocycles. The van der Waals surface area contributed by atoms with E-state index in [0.717, 1.165) is 18.0 Å². The molecule has 2 atom stereocenters. The van der Waals surface area contributed by atoms with Gasteiger partial charge in [0, 0.05) is 31.1 Å². The number of morpholine rings is 1. The first-order chi connectivity index (χ1) is 8.27. The van der Waals surface area contributed by atoms with E-state index >= 15 is 0 Å². The third-order valence-electron chi connectivity index (χ3n) is 2.72. The molecule has 2 rings (SSSR count). The average molecular weight is 328 g/mol. The molecule has 0 saturated carbocycles. The van der Waals surface area contributed by atoms with Crippen molar-refractivity contribution in [3.05, 3.63) is 16.6 Å². The van der Waals surface area contributed by atoms with Gasteiger partial charge in [-0.25, -0.2) is 4.98 Å². The smallest absolute Gasteiger partial charge is 0.239 e. The monoisotopic (exact) mass is 327 g/mol. The molecule has 0 bridgehead atoms. The van der Waals surface area contributed by atoms with Crippen LogP contribution in [0, 0.1) is 0 Å². The van der Waals surface area contributed by atoms with Gasteiger partial charge in [-0.2, -0.15) is 0 Å².